The summed E-state index contributed by atoms with van der Waals surface area (Å²) in [6.45, 7) is 0.429. The van der Waals surface area contributed by atoms with E-state index in [4.69, 9.17) is 4.74 Å². The predicted octanol–water partition coefficient (Wildman–Crippen LogP) is 0.702. The minimum absolute atomic E-state index is 0.00757. The van der Waals surface area contributed by atoms with Crippen LogP contribution in [0, 0.1) is 0 Å². The summed E-state index contributed by atoms with van der Waals surface area (Å²) in [4.78, 5) is 16.2. The number of thioether (sulfide) groups is 1. The van der Waals surface area contributed by atoms with Gasteiger partial charge in [-0.05, 0) is 17.7 Å². The largest absolute Gasteiger partial charge is 0.497 e. The van der Waals surface area contributed by atoms with Gasteiger partial charge in [0.25, 0.3) is 0 Å². The van der Waals surface area contributed by atoms with E-state index in [2.05, 4.69) is 25.2 Å². The lowest BCUT2D eigenvalue weighted by Crippen LogP contribution is -2.34. The van der Waals surface area contributed by atoms with E-state index < -0.39 is 16.1 Å². The van der Waals surface area contributed by atoms with Gasteiger partial charge in [-0.2, -0.15) is 5.10 Å². The van der Waals surface area contributed by atoms with Crippen LogP contribution in [-0.4, -0.2) is 55.2 Å². The molecule has 0 radical (unpaired) electrons. The topological polar surface area (TPSA) is 126 Å². The number of hydrogen-bond acceptors (Lipinski definition) is 7. The van der Waals surface area contributed by atoms with E-state index in [1.165, 1.54) is 18.1 Å². The molecule has 11 heteroatoms. The van der Waals surface area contributed by atoms with Crippen LogP contribution in [0.3, 0.4) is 0 Å². The number of methoxy groups -OCH3 is 1. The number of nitrogens with one attached hydrogen (secondary N) is 3. The molecule has 9 nitrogen and oxygen atoms in total. The highest BCUT2D eigenvalue weighted by Gasteiger charge is 2.19. The van der Waals surface area contributed by atoms with E-state index in [-0.39, 0.29) is 12.3 Å². The molecule has 0 aliphatic heterocycles. The normalized spacial score (nSPS) is 12.5. The van der Waals surface area contributed by atoms with Gasteiger partial charge in [0.15, 0.2) is 5.16 Å². The summed E-state index contributed by atoms with van der Waals surface area (Å²) in [7, 11) is -1.93. The number of carbonyl (C=O) groups is 1. The van der Waals surface area contributed by atoms with Gasteiger partial charge < -0.3 is 10.1 Å². The van der Waals surface area contributed by atoms with Crippen LogP contribution >= 0.6 is 11.8 Å². The highest BCUT2D eigenvalue weighted by molar-refractivity contribution is 7.99. The fraction of sp³-hybridized carbons (Fsp3) is 0.400. The zero-order chi connectivity index (χ0) is 19.0. The number of H-pyrrole nitrogens is 1. The Morgan fingerprint density at radius 2 is 2.08 bits per heavy atom. The van der Waals surface area contributed by atoms with Crippen molar-refractivity contribution in [3.8, 4) is 5.75 Å². The highest BCUT2D eigenvalue weighted by Crippen LogP contribution is 2.21. The molecule has 0 aliphatic carbocycles. The Labute approximate surface area is 156 Å². The molecule has 1 aromatic carbocycles. The summed E-state index contributed by atoms with van der Waals surface area (Å²) in [5, 5.41) is 9.90. The van der Waals surface area contributed by atoms with Crippen molar-refractivity contribution in [2.45, 2.75) is 17.6 Å². The van der Waals surface area contributed by atoms with Crippen molar-refractivity contribution in [1.29, 1.82) is 0 Å². The van der Waals surface area contributed by atoms with Crippen LogP contribution in [0.25, 0.3) is 0 Å². The molecule has 1 heterocycles. The molecular formula is C15H21N5O4S2. The number of ether oxygens (including phenoxy) is 1. The third-order valence-electron chi connectivity index (χ3n) is 3.32. The minimum atomic E-state index is -3.47. The van der Waals surface area contributed by atoms with E-state index in [0.29, 0.717) is 28.8 Å². The maximum absolute atomic E-state index is 12.2. The third kappa shape index (κ3) is 7.02. The summed E-state index contributed by atoms with van der Waals surface area (Å²) in [5.74, 6) is 1.02. The molecule has 0 bridgehead atoms. The molecule has 1 atom stereocenters. The lowest BCUT2D eigenvalue weighted by atomic mass is 10.0. The quantitative estimate of drug-likeness (QED) is 0.396. The van der Waals surface area contributed by atoms with Crippen LogP contribution in [0.15, 0.2) is 35.7 Å². The number of aromatic nitrogens is 3. The molecule has 1 aromatic heterocycles. The molecule has 26 heavy (non-hydrogen) atoms. The van der Waals surface area contributed by atoms with Gasteiger partial charge in [0, 0.05) is 18.7 Å². The number of carbonyl (C=O) groups excluding carboxylic acids is 1. The van der Waals surface area contributed by atoms with Crippen LogP contribution in [0.2, 0.25) is 0 Å². The van der Waals surface area contributed by atoms with Gasteiger partial charge in [0.1, 0.15) is 12.1 Å². The SMILES string of the molecule is COc1ccc([C@H](CC(=O)NCCSc2ncn[nH]2)NS(C)(=O)=O)cc1. The van der Waals surface area contributed by atoms with Crippen molar-refractivity contribution in [3.05, 3.63) is 36.2 Å². The maximum atomic E-state index is 12.2. The zero-order valence-corrected chi connectivity index (χ0v) is 16.1. The molecule has 0 saturated heterocycles. The van der Waals surface area contributed by atoms with Gasteiger partial charge in [0.2, 0.25) is 15.9 Å². The van der Waals surface area contributed by atoms with Crippen molar-refractivity contribution >= 4 is 27.7 Å². The molecule has 0 aliphatic rings. The summed E-state index contributed by atoms with van der Waals surface area (Å²) < 4.78 is 30.8. The molecule has 0 fully saturated rings. The third-order valence-corrected chi connectivity index (χ3v) is 4.91. The lowest BCUT2D eigenvalue weighted by molar-refractivity contribution is -0.121. The fourth-order valence-corrected chi connectivity index (χ4v) is 3.55. The van der Waals surface area contributed by atoms with Crippen LogP contribution in [0.1, 0.15) is 18.0 Å². The number of sulfonamides is 1. The summed E-state index contributed by atoms with van der Waals surface area (Å²) in [5.41, 5.74) is 0.683. The first-order valence-electron chi connectivity index (χ1n) is 7.73. The minimum Gasteiger partial charge on any atom is -0.497 e. The molecule has 0 unspecified atom stereocenters. The molecule has 3 N–H and O–H groups in total. The summed E-state index contributed by atoms with van der Waals surface area (Å²) in [6.07, 6.45) is 2.47. The molecular weight excluding hydrogens is 378 g/mol. The van der Waals surface area contributed by atoms with Gasteiger partial charge >= 0.3 is 0 Å². The Balaban J connectivity index is 1.90. The van der Waals surface area contributed by atoms with E-state index in [9.17, 15) is 13.2 Å². The number of hydrogen-bond donors (Lipinski definition) is 3. The van der Waals surface area contributed by atoms with Crippen molar-refractivity contribution in [1.82, 2.24) is 25.2 Å². The number of benzene rings is 1. The van der Waals surface area contributed by atoms with Gasteiger partial charge in [-0.25, -0.2) is 18.1 Å². The Hall–Kier alpha value is -2.11. The second-order valence-corrected chi connectivity index (χ2v) is 8.27. The molecule has 142 valence electrons. The van der Waals surface area contributed by atoms with Crippen molar-refractivity contribution in [2.75, 3.05) is 25.7 Å². The summed E-state index contributed by atoms with van der Waals surface area (Å²) in [6, 6.07) is 6.25. The highest BCUT2D eigenvalue weighted by atomic mass is 32.2. The van der Waals surface area contributed by atoms with Crippen LogP contribution in [0.5, 0.6) is 5.75 Å². The smallest absolute Gasteiger partial charge is 0.221 e. The second-order valence-electron chi connectivity index (χ2n) is 5.41. The average Bonchev–Trinajstić information content (AvgIpc) is 3.10. The monoisotopic (exact) mass is 399 g/mol. The predicted molar refractivity (Wildman–Crippen MR) is 98.4 cm³/mol. The average molecular weight is 399 g/mol. The molecule has 0 spiro atoms. The van der Waals surface area contributed by atoms with Crippen molar-refractivity contribution in [3.63, 3.8) is 0 Å². The van der Waals surface area contributed by atoms with E-state index in [0.717, 1.165) is 6.26 Å². The molecule has 2 rings (SSSR count). The first-order valence-corrected chi connectivity index (χ1v) is 10.6. The van der Waals surface area contributed by atoms with Gasteiger partial charge in [-0.1, -0.05) is 23.9 Å². The first-order chi connectivity index (χ1) is 12.4. The molecule has 0 saturated carbocycles. The Kier molecular flexibility index (Phi) is 7.42. The number of aromatic amines is 1. The maximum Gasteiger partial charge on any atom is 0.221 e. The summed E-state index contributed by atoms with van der Waals surface area (Å²) >= 11 is 1.43. The Bertz CT molecular complexity index is 794. The van der Waals surface area contributed by atoms with Gasteiger partial charge in [-0.3, -0.25) is 9.89 Å². The number of rotatable bonds is 10. The van der Waals surface area contributed by atoms with Crippen molar-refractivity contribution in [2.24, 2.45) is 0 Å². The Morgan fingerprint density at radius 1 is 1.35 bits per heavy atom. The zero-order valence-electron chi connectivity index (χ0n) is 14.4. The molecule has 2 aromatic rings. The Morgan fingerprint density at radius 3 is 2.65 bits per heavy atom. The lowest BCUT2D eigenvalue weighted by Gasteiger charge is -2.18. The van der Waals surface area contributed by atoms with Gasteiger partial charge in [0.05, 0.1) is 19.4 Å². The number of amides is 1. The molecule has 1 amide bonds. The first kappa shape index (κ1) is 20.2. The van der Waals surface area contributed by atoms with E-state index in [1.54, 1.807) is 31.4 Å². The van der Waals surface area contributed by atoms with Crippen LogP contribution in [0.4, 0.5) is 0 Å². The fourth-order valence-electron chi connectivity index (χ4n) is 2.18. The van der Waals surface area contributed by atoms with Gasteiger partial charge in [-0.15, -0.1) is 0 Å². The van der Waals surface area contributed by atoms with Crippen LogP contribution < -0.4 is 14.8 Å². The second kappa shape index (κ2) is 9.55. The van der Waals surface area contributed by atoms with Crippen molar-refractivity contribution < 1.29 is 17.9 Å². The van der Waals surface area contributed by atoms with E-state index in [1.807, 2.05) is 0 Å². The van der Waals surface area contributed by atoms with Crippen LogP contribution in [-0.2, 0) is 14.8 Å². The number of nitrogens with zero attached hydrogens (tertiary/aromatic N) is 2. The standard InChI is InChI=1S/C15H21N5O4S2/c1-24-12-5-3-11(4-6-12)13(20-26(2,22)23)9-14(21)16-7-8-25-15-17-10-18-19-15/h3-6,10,13,20H,7-9H2,1-2H3,(H,16,21)(H,17,18,19)/t13-/m0/s1. The van der Waals surface area contributed by atoms with E-state index >= 15 is 0 Å².